The first-order chi connectivity index (χ1) is 17.8. The number of ether oxygens (including phenoxy) is 1. The molecule has 9 heteroatoms. The molecule has 1 aliphatic heterocycles. The SMILES string of the molecule is CCOCc1nc2c(N)nc(C)c(C)c2n1CCC1CCN(S(=O)(=O)c2ccc3ccccc3c2)CC1. The summed E-state index contributed by atoms with van der Waals surface area (Å²) in [6.45, 7) is 8.88. The number of hydrogen-bond donors (Lipinski definition) is 1. The van der Waals surface area contributed by atoms with Gasteiger partial charge in [-0.2, -0.15) is 4.31 Å². The Balaban J connectivity index is 1.29. The van der Waals surface area contributed by atoms with Gasteiger partial charge in [0.05, 0.1) is 10.4 Å². The summed E-state index contributed by atoms with van der Waals surface area (Å²) in [5, 5.41) is 1.98. The van der Waals surface area contributed by atoms with E-state index in [1.807, 2.05) is 44.2 Å². The van der Waals surface area contributed by atoms with Crippen molar-refractivity contribution in [3.8, 4) is 0 Å². The normalized spacial score (nSPS) is 15.6. The fraction of sp³-hybridized carbons (Fsp3) is 0.429. The third-order valence-electron chi connectivity index (χ3n) is 7.60. The number of nitrogen functional groups attached to an aromatic ring is 1. The lowest BCUT2D eigenvalue weighted by Crippen LogP contribution is -2.38. The predicted octanol–water partition coefficient (Wildman–Crippen LogP) is 4.81. The second-order valence-electron chi connectivity index (χ2n) is 9.87. The van der Waals surface area contributed by atoms with E-state index >= 15 is 0 Å². The number of aromatic nitrogens is 3. The van der Waals surface area contributed by atoms with Crippen molar-refractivity contribution in [2.24, 2.45) is 5.92 Å². The van der Waals surface area contributed by atoms with E-state index in [-0.39, 0.29) is 0 Å². The van der Waals surface area contributed by atoms with Crippen LogP contribution in [0.2, 0.25) is 0 Å². The van der Waals surface area contributed by atoms with E-state index in [1.54, 1.807) is 16.4 Å². The van der Waals surface area contributed by atoms with Crippen molar-refractivity contribution in [1.29, 1.82) is 0 Å². The second kappa shape index (κ2) is 10.4. The summed E-state index contributed by atoms with van der Waals surface area (Å²) in [5.74, 6) is 1.73. The van der Waals surface area contributed by atoms with Gasteiger partial charge in [0, 0.05) is 31.9 Å². The van der Waals surface area contributed by atoms with Crippen molar-refractivity contribution in [3.63, 3.8) is 0 Å². The highest BCUT2D eigenvalue weighted by Crippen LogP contribution is 2.30. The molecular formula is C28H35N5O3S. The van der Waals surface area contributed by atoms with Crippen LogP contribution in [-0.4, -0.2) is 47.0 Å². The van der Waals surface area contributed by atoms with Crippen LogP contribution in [-0.2, 0) is 27.9 Å². The molecule has 1 saturated heterocycles. The maximum absolute atomic E-state index is 13.4. The topological polar surface area (TPSA) is 103 Å². The molecule has 0 spiro atoms. The number of fused-ring (bicyclic) bond motifs is 2. The average Bonchev–Trinajstić information content (AvgIpc) is 3.28. The Morgan fingerprint density at radius 1 is 1.05 bits per heavy atom. The monoisotopic (exact) mass is 521 g/mol. The van der Waals surface area contributed by atoms with Crippen LogP contribution >= 0.6 is 0 Å². The summed E-state index contributed by atoms with van der Waals surface area (Å²) in [4.78, 5) is 9.60. The Kier molecular flexibility index (Phi) is 7.20. The Hall–Kier alpha value is -3.01. The number of pyridine rings is 1. The van der Waals surface area contributed by atoms with Gasteiger partial charge in [-0.25, -0.2) is 18.4 Å². The van der Waals surface area contributed by atoms with E-state index in [2.05, 4.69) is 16.5 Å². The highest BCUT2D eigenvalue weighted by atomic mass is 32.2. The standard InChI is InChI=1S/C28H35N5O3S/c1-4-36-18-25-31-26-27(19(2)20(3)30-28(26)29)33(25)16-13-21-11-14-32(15-12-21)37(34,35)24-10-9-22-7-5-6-8-23(22)17-24/h5-10,17,21H,4,11-16,18H2,1-3H3,(H2,29,30). The third kappa shape index (κ3) is 4.95. The van der Waals surface area contributed by atoms with E-state index in [9.17, 15) is 8.42 Å². The minimum atomic E-state index is -3.52. The fourth-order valence-corrected chi connectivity index (χ4v) is 6.82. The van der Waals surface area contributed by atoms with E-state index in [1.165, 1.54) is 0 Å². The number of nitrogens with two attached hydrogens (primary N) is 1. The lowest BCUT2D eigenvalue weighted by atomic mass is 9.94. The van der Waals surface area contributed by atoms with Crippen LogP contribution < -0.4 is 5.73 Å². The zero-order valence-electron chi connectivity index (χ0n) is 21.8. The molecule has 0 radical (unpaired) electrons. The maximum Gasteiger partial charge on any atom is 0.243 e. The van der Waals surface area contributed by atoms with Crippen molar-refractivity contribution >= 4 is 37.6 Å². The van der Waals surface area contributed by atoms with Gasteiger partial charge in [0.1, 0.15) is 17.9 Å². The van der Waals surface area contributed by atoms with Gasteiger partial charge in [-0.15, -0.1) is 0 Å². The molecule has 0 amide bonds. The lowest BCUT2D eigenvalue weighted by molar-refractivity contribution is 0.125. The first kappa shape index (κ1) is 25.6. The molecule has 0 atom stereocenters. The van der Waals surface area contributed by atoms with Gasteiger partial charge in [-0.3, -0.25) is 0 Å². The number of piperidine rings is 1. The molecule has 0 unspecified atom stereocenters. The molecule has 1 aliphatic rings. The Bertz CT molecular complexity index is 1540. The van der Waals surface area contributed by atoms with Gasteiger partial charge in [-0.1, -0.05) is 30.3 Å². The van der Waals surface area contributed by atoms with E-state index in [0.717, 1.165) is 64.7 Å². The molecule has 2 N–H and O–H groups in total. The number of aryl methyl sites for hydroxylation is 3. The van der Waals surface area contributed by atoms with Crippen molar-refractivity contribution in [1.82, 2.24) is 18.8 Å². The number of rotatable bonds is 8. The Morgan fingerprint density at radius 3 is 2.51 bits per heavy atom. The fourth-order valence-electron chi connectivity index (χ4n) is 5.32. The quantitative estimate of drug-likeness (QED) is 0.357. The molecule has 5 rings (SSSR count). The molecule has 1 fully saturated rings. The average molecular weight is 522 g/mol. The molecule has 3 heterocycles. The summed E-state index contributed by atoms with van der Waals surface area (Å²) in [6.07, 6.45) is 2.61. The molecule has 0 saturated carbocycles. The van der Waals surface area contributed by atoms with Crippen LogP contribution in [0, 0.1) is 19.8 Å². The number of hydrogen-bond acceptors (Lipinski definition) is 6. The first-order valence-corrected chi connectivity index (χ1v) is 14.4. The minimum absolute atomic E-state index is 0.368. The molecule has 0 aliphatic carbocycles. The van der Waals surface area contributed by atoms with Gasteiger partial charge in [0.2, 0.25) is 10.0 Å². The Morgan fingerprint density at radius 2 is 1.78 bits per heavy atom. The van der Waals surface area contributed by atoms with Crippen LogP contribution in [0.25, 0.3) is 21.8 Å². The molecule has 196 valence electrons. The van der Waals surface area contributed by atoms with Gasteiger partial charge in [0.25, 0.3) is 0 Å². The highest BCUT2D eigenvalue weighted by Gasteiger charge is 2.30. The largest absolute Gasteiger partial charge is 0.382 e. The number of benzene rings is 2. The summed E-state index contributed by atoms with van der Waals surface area (Å²) in [5.41, 5.74) is 9.96. The van der Waals surface area contributed by atoms with Crippen LogP contribution in [0.15, 0.2) is 47.4 Å². The lowest BCUT2D eigenvalue weighted by Gasteiger charge is -2.31. The van der Waals surface area contributed by atoms with Crippen molar-refractivity contribution in [3.05, 3.63) is 59.5 Å². The van der Waals surface area contributed by atoms with E-state index < -0.39 is 10.0 Å². The smallest absolute Gasteiger partial charge is 0.243 e. The van der Waals surface area contributed by atoms with E-state index in [0.29, 0.717) is 42.9 Å². The van der Waals surface area contributed by atoms with E-state index in [4.69, 9.17) is 15.5 Å². The molecule has 0 bridgehead atoms. The van der Waals surface area contributed by atoms with Gasteiger partial charge in [0.15, 0.2) is 5.82 Å². The van der Waals surface area contributed by atoms with Crippen molar-refractivity contribution < 1.29 is 13.2 Å². The summed E-state index contributed by atoms with van der Waals surface area (Å²) in [7, 11) is -3.52. The van der Waals surface area contributed by atoms with Crippen LogP contribution in [0.5, 0.6) is 0 Å². The maximum atomic E-state index is 13.4. The predicted molar refractivity (Wildman–Crippen MR) is 147 cm³/mol. The summed E-state index contributed by atoms with van der Waals surface area (Å²) < 4.78 is 36.3. The van der Waals surface area contributed by atoms with Gasteiger partial charge in [-0.05, 0) is 74.4 Å². The van der Waals surface area contributed by atoms with Gasteiger partial charge >= 0.3 is 0 Å². The summed E-state index contributed by atoms with van der Waals surface area (Å²) >= 11 is 0. The number of anilines is 1. The highest BCUT2D eigenvalue weighted by molar-refractivity contribution is 7.89. The molecule has 2 aromatic carbocycles. The first-order valence-electron chi connectivity index (χ1n) is 13.0. The third-order valence-corrected chi connectivity index (χ3v) is 9.50. The van der Waals surface area contributed by atoms with Crippen LogP contribution in [0.1, 0.15) is 43.3 Å². The number of imidazole rings is 1. The van der Waals surface area contributed by atoms with Crippen LogP contribution in [0.4, 0.5) is 5.82 Å². The van der Waals surface area contributed by atoms with Crippen molar-refractivity contribution in [2.75, 3.05) is 25.4 Å². The zero-order chi connectivity index (χ0) is 26.2. The minimum Gasteiger partial charge on any atom is -0.382 e. The molecule has 4 aromatic rings. The number of sulfonamides is 1. The number of nitrogens with zero attached hydrogens (tertiary/aromatic N) is 4. The second-order valence-corrected chi connectivity index (χ2v) is 11.8. The summed E-state index contributed by atoms with van der Waals surface area (Å²) in [6, 6.07) is 13.2. The molecule has 2 aromatic heterocycles. The zero-order valence-corrected chi connectivity index (χ0v) is 22.6. The molecule has 37 heavy (non-hydrogen) atoms. The van der Waals surface area contributed by atoms with Crippen LogP contribution in [0.3, 0.4) is 0 Å². The Labute approximate surface area is 218 Å². The molecule has 8 nitrogen and oxygen atoms in total. The molecular weight excluding hydrogens is 486 g/mol. The van der Waals surface area contributed by atoms with Crippen molar-refractivity contribution in [2.45, 2.75) is 58.1 Å². The van der Waals surface area contributed by atoms with Gasteiger partial charge < -0.3 is 15.0 Å².